The van der Waals surface area contributed by atoms with E-state index in [1.807, 2.05) is 0 Å². The van der Waals surface area contributed by atoms with E-state index in [2.05, 4.69) is 0 Å². The van der Waals surface area contributed by atoms with Crippen LogP contribution < -0.4 is 0 Å². The Labute approximate surface area is 135 Å². The molecule has 0 bridgehead atoms. The minimum atomic E-state index is -0.879. The van der Waals surface area contributed by atoms with Crippen molar-refractivity contribution >= 4 is 54.9 Å². The van der Waals surface area contributed by atoms with Gasteiger partial charge in [0.05, 0.1) is 5.56 Å². The summed E-state index contributed by atoms with van der Waals surface area (Å²) in [6, 6.07) is 8.30. The predicted octanol–water partition coefficient (Wildman–Crippen LogP) is 1.22. The van der Waals surface area contributed by atoms with Crippen molar-refractivity contribution in [1.82, 2.24) is 0 Å². The number of carboxylic acid groups (broad SMARTS) is 1. The van der Waals surface area contributed by atoms with Gasteiger partial charge in [-0.2, -0.15) is 0 Å². The van der Waals surface area contributed by atoms with Crippen LogP contribution in [0.25, 0.3) is 0 Å². The fraction of sp³-hybridized carbons (Fsp3) is 0. The van der Waals surface area contributed by atoms with Crippen molar-refractivity contribution in [3.63, 3.8) is 0 Å². The van der Waals surface area contributed by atoms with Gasteiger partial charge in [-0.25, -0.2) is 4.79 Å². The molecule has 0 aromatic heterocycles. The molecule has 0 amide bonds. The molecule has 2 nitrogen and oxygen atoms in total. The van der Waals surface area contributed by atoms with Gasteiger partial charge in [0, 0.05) is 33.6 Å². The number of benzene rings is 1. The van der Waals surface area contributed by atoms with Gasteiger partial charge in [0.25, 0.3) is 0 Å². The minimum Gasteiger partial charge on any atom is -1.00 e. The molecule has 1 rings (SSSR count). The summed E-state index contributed by atoms with van der Waals surface area (Å²) in [5.74, 6) is -0.879. The summed E-state index contributed by atoms with van der Waals surface area (Å²) in [5, 5.41) is 8.38. The Morgan fingerprint density at radius 2 is 1.67 bits per heavy atom. The third kappa shape index (κ3) is 6.75. The van der Waals surface area contributed by atoms with Crippen LogP contribution in [0, 0.1) is 0 Å². The normalized spacial score (nSPS) is 6.67. The predicted molar refractivity (Wildman–Crippen MR) is 41.4 cm³/mol. The van der Waals surface area contributed by atoms with E-state index in [0.717, 1.165) is 0 Å². The van der Waals surface area contributed by atoms with E-state index in [9.17, 15) is 4.79 Å². The Balaban J connectivity index is -0.0000000540. The molecule has 0 atom stereocenters. The van der Waals surface area contributed by atoms with Gasteiger partial charge in [0.1, 0.15) is 0 Å². The molecule has 0 heterocycles. The molecule has 71 valence electrons. The summed E-state index contributed by atoms with van der Waals surface area (Å²) >= 11 is 0. The summed E-state index contributed by atoms with van der Waals surface area (Å²) in [6.07, 6.45) is 0. The second-order valence-electron chi connectivity index (χ2n) is 1.67. The van der Waals surface area contributed by atoms with Gasteiger partial charge in [0.2, 0.25) is 0 Å². The van der Waals surface area contributed by atoms with E-state index in [1.165, 1.54) is 0 Å². The van der Waals surface area contributed by atoms with Crippen molar-refractivity contribution in [3.8, 4) is 0 Å². The second kappa shape index (κ2) is 10.4. The molecule has 1 aromatic carbocycles. The monoisotopic (exact) mass is 383 g/mol. The molecule has 0 spiro atoms. The largest absolute Gasteiger partial charge is 2.00 e. The fourth-order valence-corrected chi connectivity index (χ4v) is 0.581. The second-order valence-corrected chi connectivity index (χ2v) is 1.67. The van der Waals surface area contributed by atoms with E-state index < -0.39 is 5.97 Å². The van der Waals surface area contributed by atoms with Gasteiger partial charge >= 0.3 is 54.9 Å². The Morgan fingerprint density at radius 1 is 1.25 bits per heavy atom. The molecular weight excluding hydrogens is 376 g/mol. The van der Waals surface area contributed by atoms with Gasteiger partial charge in [-0.1, -0.05) is 18.2 Å². The van der Waals surface area contributed by atoms with E-state index in [1.54, 1.807) is 30.3 Å². The van der Waals surface area contributed by atoms with Crippen molar-refractivity contribution in [3.05, 3.63) is 35.9 Å². The Morgan fingerprint density at radius 3 is 1.92 bits per heavy atom. The van der Waals surface area contributed by atoms with Crippen molar-refractivity contribution < 1.29 is 46.3 Å². The van der Waals surface area contributed by atoms with E-state index in [4.69, 9.17) is 5.11 Å². The smallest absolute Gasteiger partial charge is 1.00 e. The maximum Gasteiger partial charge on any atom is 2.00 e. The molecule has 1 radical (unpaired) electrons. The molecule has 0 saturated heterocycles. The standard InChI is InChI=1S/C7H6O2.Ba.Cu.Ni.2H/c8-7(9)6-4-2-1-3-5-6;;;;;/h1-5H,(H,8,9);;;;;/q;+2;;;2*-1. The minimum absolute atomic E-state index is 0. The maximum atomic E-state index is 10.2. The van der Waals surface area contributed by atoms with Crippen LogP contribution in [0.1, 0.15) is 13.2 Å². The zero-order valence-corrected chi connectivity index (χ0v) is 12.4. The first-order chi connectivity index (χ1) is 4.30. The molecule has 5 heteroatoms. The van der Waals surface area contributed by atoms with Crippen molar-refractivity contribution in [2.24, 2.45) is 0 Å². The SMILES string of the molecule is O=C(O)c1ccccc1.[Ba+2].[Cu].[H-].[H-].[Ni]. The number of hydrogen-bond donors (Lipinski definition) is 1. The third-order valence-electron chi connectivity index (χ3n) is 1.02. The maximum absolute atomic E-state index is 10.2. The quantitative estimate of drug-likeness (QED) is 0.741. The zero-order valence-electron chi connectivity index (χ0n) is 8.07. The van der Waals surface area contributed by atoms with Crippen LogP contribution in [0.3, 0.4) is 0 Å². The zero-order chi connectivity index (χ0) is 6.69. The fourth-order valence-electron chi connectivity index (χ4n) is 0.581. The first-order valence-corrected chi connectivity index (χ1v) is 2.59. The van der Waals surface area contributed by atoms with E-state index in [0.29, 0.717) is 5.56 Å². The first kappa shape index (κ1) is 18.9. The Hall–Kier alpha value is 1.27. The molecular formula is C7H8BaCuNiO2. The van der Waals surface area contributed by atoms with Crippen LogP contribution in [-0.4, -0.2) is 60.0 Å². The van der Waals surface area contributed by atoms with Crippen LogP contribution in [-0.2, 0) is 33.6 Å². The van der Waals surface area contributed by atoms with Gasteiger partial charge in [-0.15, -0.1) is 0 Å². The van der Waals surface area contributed by atoms with Crippen molar-refractivity contribution in [2.45, 2.75) is 0 Å². The van der Waals surface area contributed by atoms with Crippen LogP contribution in [0.5, 0.6) is 0 Å². The van der Waals surface area contributed by atoms with E-state index >= 15 is 0 Å². The van der Waals surface area contributed by atoms with Crippen LogP contribution in [0.15, 0.2) is 30.3 Å². The van der Waals surface area contributed by atoms with Crippen LogP contribution >= 0.6 is 0 Å². The van der Waals surface area contributed by atoms with Crippen LogP contribution in [0.2, 0.25) is 0 Å². The first-order valence-electron chi connectivity index (χ1n) is 2.59. The molecule has 0 saturated carbocycles. The molecule has 0 aliphatic heterocycles. The van der Waals surface area contributed by atoms with Crippen molar-refractivity contribution in [2.75, 3.05) is 0 Å². The molecule has 0 aliphatic rings. The number of hydrogen-bond acceptors (Lipinski definition) is 1. The molecule has 1 aromatic rings. The van der Waals surface area contributed by atoms with Gasteiger partial charge in [-0.3, -0.25) is 0 Å². The average Bonchev–Trinajstić information content (AvgIpc) is 1.90. The number of carboxylic acids is 1. The summed E-state index contributed by atoms with van der Waals surface area (Å²) in [4.78, 5) is 10.2. The molecule has 0 fully saturated rings. The topological polar surface area (TPSA) is 37.3 Å². The molecule has 0 aliphatic carbocycles. The van der Waals surface area contributed by atoms with Crippen LogP contribution in [0.4, 0.5) is 0 Å². The summed E-state index contributed by atoms with van der Waals surface area (Å²) in [6.45, 7) is 0. The van der Waals surface area contributed by atoms with Gasteiger partial charge in [-0.05, 0) is 12.1 Å². The summed E-state index contributed by atoms with van der Waals surface area (Å²) in [7, 11) is 0. The Kier molecular flexibility index (Phi) is 16.3. The van der Waals surface area contributed by atoms with Crippen molar-refractivity contribution in [1.29, 1.82) is 0 Å². The summed E-state index contributed by atoms with van der Waals surface area (Å²) < 4.78 is 0. The van der Waals surface area contributed by atoms with E-state index in [-0.39, 0.29) is 85.3 Å². The average molecular weight is 384 g/mol. The van der Waals surface area contributed by atoms with Gasteiger partial charge in [0.15, 0.2) is 0 Å². The number of rotatable bonds is 1. The number of aromatic carboxylic acids is 1. The molecule has 0 unspecified atom stereocenters. The van der Waals surface area contributed by atoms with Gasteiger partial charge < -0.3 is 7.96 Å². The molecule has 12 heavy (non-hydrogen) atoms. The number of carbonyl (C=O) groups is 1. The summed E-state index contributed by atoms with van der Waals surface area (Å²) in [5.41, 5.74) is 0.331. The molecule has 1 N–H and O–H groups in total. The third-order valence-corrected chi connectivity index (χ3v) is 1.02. The Bertz CT molecular complexity index is 226.